The Morgan fingerprint density at radius 3 is 2.77 bits per heavy atom. The van der Waals surface area contributed by atoms with Crippen LogP contribution in [0.2, 0.25) is 0 Å². The van der Waals surface area contributed by atoms with E-state index in [0.29, 0.717) is 12.0 Å². The third kappa shape index (κ3) is 4.11. The first-order valence-electron chi connectivity index (χ1n) is 6.42. The zero-order valence-corrected chi connectivity index (χ0v) is 12.3. The van der Waals surface area contributed by atoms with E-state index in [0.717, 1.165) is 5.56 Å². The zero-order chi connectivity index (χ0) is 15.9. The van der Waals surface area contributed by atoms with Gasteiger partial charge in [-0.2, -0.15) is 16.6 Å². The highest BCUT2D eigenvalue weighted by atomic mass is 32.1. The molecule has 1 heterocycles. The van der Waals surface area contributed by atoms with E-state index < -0.39 is 5.97 Å². The topological polar surface area (TPSA) is 90.5 Å². The molecule has 2 N–H and O–H groups in total. The summed E-state index contributed by atoms with van der Waals surface area (Å²) in [5.74, 6) is -1.31. The Kier molecular flexibility index (Phi) is 5.17. The Morgan fingerprint density at radius 2 is 2.14 bits per heavy atom. The van der Waals surface area contributed by atoms with Gasteiger partial charge in [-0.15, -0.1) is 0 Å². The lowest BCUT2D eigenvalue weighted by Gasteiger charge is -2.03. The lowest BCUT2D eigenvalue weighted by Crippen LogP contribution is -2.09. The minimum absolute atomic E-state index is 0.171. The highest BCUT2D eigenvalue weighted by Gasteiger charge is 2.11. The summed E-state index contributed by atoms with van der Waals surface area (Å²) in [6.07, 6.45) is 1.89. The van der Waals surface area contributed by atoms with E-state index in [2.05, 4.69) is 0 Å². The number of phenolic OH excluding ortho intramolecular Hbond substituents is 2. The molecule has 0 radical (unpaired) electrons. The van der Waals surface area contributed by atoms with Crippen molar-refractivity contribution >= 4 is 23.4 Å². The van der Waals surface area contributed by atoms with Crippen LogP contribution in [-0.4, -0.2) is 22.8 Å². The Bertz CT molecular complexity index is 729. The number of nitrogens with zero attached hydrogens (tertiary/aromatic N) is 1. The standard InChI is InChI=1S/C16H13NO4S/c17-9-13(7-12-1-2-14(18)15(19)8-12)16(20)21-5-3-11-4-6-22-10-11/h1-2,4,6-8,10,18-19H,3,5H2/b13-7+. The predicted molar refractivity (Wildman–Crippen MR) is 82.3 cm³/mol. The molecule has 6 heteroatoms. The van der Waals surface area contributed by atoms with Crippen LogP contribution in [-0.2, 0) is 16.0 Å². The van der Waals surface area contributed by atoms with Crippen molar-refractivity contribution in [2.45, 2.75) is 6.42 Å². The van der Waals surface area contributed by atoms with E-state index in [-0.39, 0.29) is 23.7 Å². The molecule has 0 aliphatic rings. The van der Waals surface area contributed by atoms with Crippen molar-refractivity contribution in [3.05, 3.63) is 51.7 Å². The van der Waals surface area contributed by atoms with Gasteiger partial charge < -0.3 is 14.9 Å². The molecule has 1 aromatic heterocycles. The van der Waals surface area contributed by atoms with Crippen molar-refractivity contribution in [3.8, 4) is 17.6 Å². The molecule has 0 saturated heterocycles. The molecule has 2 aromatic rings. The van der Waals surface area contributed by atoms with Gasteiger partial charge in [0.15, 0.2) is 11.5 Å². The Labute approximate surface area is 131 Å². The van der Waals surface area contributed by atoms with Gasteiger partial charge in [0.05, 0.1) is 6.61 Å². The number of esters is 1. The van der Waals surface area contributed by atoms with E-state index in [4.69, 9.17) is 10.00 Å². The quantitative estimate of drug-likeness (QED) is 0.383. The van der Waals surface area contributed by atoms with Crippen LogP contribution in [0.15, 0.2) is 40.6 Å². The van der Waals surface area contributed by atoms with Crippen LogP contribution in [0.3, 0.4) is 0 Å². The summed E-state index contributed by atoms with van der Waals surface area (Å²) >= 11 is 1.57. The summed E-state index contributed by atoms with van der Waals surface area (Å²) in [5.41, 5.74) is 1.32. The molecule has 0 aliphatic heterocycles. The van der Waals surface area contributed by atoms with Crippen molar-refractivity contribution in [3.63, 3.8) is 0 Å². The minimum Gasteiger partial charge on any atom is -0.504 e. The monoisotopic (exact) mass is 315 g/mol. The molecule has 2 rings (SSSR count). The lowest BCUT2D eigenvalue weighted by molar-refractivity contribution is -0.138. The molecule has 0 spiro atoms. The minimum atomic E-state index is -0.717. The molecular formula is C16H13NO4S. The van der Waals surface area contributed by atoms with Crippen LogP contribution in [0.4, 0.5) is 0 Å². The average molecular weight is 315 g/mol. The van der Waals surface area contributed by atoms with Gasteiger partial charge >= 0.3 is 5.97 Å². The molecule has 5 nitrogen and oxygen atoms in total. The van der Waals surface area contributed by atoms with Crippen LogP contribution in [0.25, 0.3) is 6.08 Å². The van der Waals surface area contributed by atoms with E-state index in [1.54, 1.807) is 17.4 Å². The highest BCUT2D eigenvalue weighted by Crippen LogP contribution is 2.26. The first-order chi connectivity index (χ1) is 10.6. The predicted octanol–water partition coefficient (Wildman–Crippen LogP) is 2.85. The molecule has 1 aromatic carbocycles. The Balaban J connectivity index is 2.00. The molecule has 0 atom stereocenters. The Hall–Kier alpha value is -2.78. The van der Waals surface area contributed by atoms with Crippen molar-refractivity contribution in [2.24, 2.45) is 0 Å². The van der Waals surface area contributed by atoms with Crippen LogP contribution in [0.1, 0.15) is 11.1 Å². The van der Waals surface area contributed by atoms with Crippen LogP contribution in [0.5, 0.6) is 11.5 Å². The molecule has 0 amide bonds. The molecule has 112 valence electrons. The van der Waals surface area contributed by atoms with Crippen LogP contribution in [0, 0.1) is 11.3 Å². The first-order valence-corrected chi connectivity index (χ1v) is 7.36. The van der Waals surface area contributed by atoms with Gasteiger partial charge in [-0.05, 0) is 46.2 Å². The van der Waals surface area contributed by atoms with Gasteiger partial charge in [0.2, 0.25) is 0 Å². The number of carbonyl (C=O) groups is 1. The first kappa shape index (κ1) is 15.6. The molecule has 0 bridgehead atoms. The highest BCUT2D eigenvalue weighted by molar-refractivity contribution is 7.07. The van der Waals surface area contributed by atoms with E-state index in [1.165, 1.54) is 24.3 Å². The van der Waals surface area contributed by atoms with E-state index in [9.17, 15) is 15.0 Å². The van der Waals surface area contributed by atoms with Crippen molar-refractivity contribution in [1.29, 1.82) is 5.26 Å². The molecule has 0 saturated carbocycles. The number of carbonyl (C=O) groups excluding carboxylic acids is 1. The zero-order valence-electron chi connectivity index (χ0n) is 11.5. The number of phenols is 2. The molecule has 0 unspecified atom stereocenters. The molecule has 0 aliphatic carbocycles. The molecular weight excluding hydrogens is 302 g/mol. The number of hydrogen-bond donors (Lipinski definition) is 2. The fourth-order valence-electron chi connectivity index (χ4n) is 1.71. The average Bonchev–Trinajstić information content (AvgIpc) is 3.01. The molecule has 22 heavy (non-hydrogen) atoms. The summed E-state index contributed by atoms with van der Waals surface area (Å²) in [4.78, 5) is 11.8. The summed E-state index contributed by atoms with van der Waals surface area (Å²) in [6, 6.07) is 7.72. The number of nitriles is 1. The van der Waals surface area contributed by atoms with E-state index in [1.807, 2.05) is 16.8 Å². The summed E-state index contributed by atoms with van der Waals surface area (Å²) in [7, 11) is 0. The number of hydrogen-bond acceptors (Lipinski definition) is 6. The third-order valence-electron chi connectivity index (χ3n) is 2.85. The van der Waals surface area contributed by atoms with Gasteiger partial charge in [0.1, 0.15) is 11.6 Å². The second-order valence-electron chi connectivity index (χ2n) is 4.44. The maximum atomic E-state index is 11.8. The Morgan fingerprint density at radius 1 is 1.32 bits per heavy atom. The van der Waals surface area contributed by atoms with E-state index >= 15 is 0 Å². The van der Waals surface area contributed by atoms with Gasteiger partial charge in [-0.3, -0.25) is 0 Å². The van der Waals surface area contributed by atoms with Gasteiger partial charge in [-0.1, -0.05) is 6.07 Å². The second-order valence-corrected chi connectivity index (χ2v) is 5.22. The van der Waals surface area contributed by atoms with Crippen molar-refractivity contribution < 1.29 is 19.7 Å². The SMILES string of the molecule is N#C/C(=C\c1ccc(O)c(O)c1)C(=O)OCCc1ccsc1. The fourth-order valence-corrected chi connectivity index (χ4v) is 2.41. The van der Waals surface area contributed by atoms with Crippen molar-refractivity contribution in [1.82, 2.24) is 0 Å². The third-order valence-corrected chi connectivity index (χ3v) is 3.59. The van der Waals surface area contributed by atoms with Gasteiger partial charge in [-0.25, -0.2) is 4.79 Å². The van der Waals surface area contributed by atoms with Crippen molar-refractivity contribution in [2.75, 3.05) is 6.61 Å². The second kappa shape index (κ2) is 7.29. The number of benzene rings is 1. The molecule has 0 fully saturated rings. The number of thiophene rings is 1. The normalized spacial score (nSPS) is 11.0. The van der Waals surface area contributed by atoms with Crippen LogP contribution >= 0.6 is 11.3 Å². The summed E-state index contributed by atoms with van der Waals surface area (Å²) < 4.78 is 5.06. The smallest absolute Gasteiger partial charge is 0.348 e. The summed E-state index contributed by atoms with van der Waals surface area (Å²) in [6.45, 7) is 0.190. The number of rotatable bonds is 5. The summed E-state index contributed by atoms with van der Waals surface area (Å²) in [5, 5.41) is 31.6. The number of ether oxygens (including phenoxy) is 1. The van der Waals surface area contributed by atoms with Crippen LogP contribution < -0.4 is 0 Å². The fraction of sp³-hybridized carbons (Fsp3) is 0.125. The maximum Gasteiger partial charge on any atom is 0.348 e. The van der Waals surface area contributed by atoms with Gasteiger partial charge in [0.25, 0.3) is 0 Å². The maximum absolute atomic E-state index is 11.8. The van der Waals surface area contributed by atoms with Gasteiger partial charge in [0, 0.05) is 6.42 Å². The lowest BCUT2D eigenvalue weighted by atomic mass is 10.1. The largest absolute Gasteiger partial charge is 0.504 e. The number of aromatic hydroxyl groups is 2.